The smallest absolute Gasteiger partial charge is 0.218 e. The molecule has 0 spiro atoms. The molecular weight excluding hydrogens is 304 g/mol. The first-order valence-corrected chi connectivity index (χ1v) is 8.75. The first kappa shape index (κ1) is 13.3. The summed E-state index contributed by atoms with van der Waals surface area (Å²) < 4.78 is 6.89. The summed E-state index contributed by atoms with van der Waals surface area (Å²) in [5.74, 6) is 1.64. The Labute approximate surface area is 130 Å². The molecule has 3 aromatic rings. The highest BCUT2D eigenvalue weighted by Gasteiger charge is 2.23. The van der Waals surface area contributed by atoms with Crippen molar-refractivity contribution in [2.75, 3.05) is 19.0 Å². The third kappa shape index (κ3) is 2.18. The molecule has 0 saturated carbocycles. The van der Waals surface area contributed by atoms with Crippen LogP contribution in [0.25, 0.3) is 20.3 Å². The summed E-state index contributed by atoms with van der Waals surface area (Å²) in [5.41, 5.74) is 1.22. The Morgan fingerprint density at radius 1 is 1.43 bits per heavy atom. The number of rotatable bonds is 4. The molecule has 0 amide bonds. The summed E-state index contributed by atoms with van der Waals surface area (Å²) in [6.45, 7) is 0.922. The van der Waals surface area contributed by atoms with Crippen LogP contribution in [0.1, 0.15) is 12.0 Å². The molecule has 4 nitrogen and oxygen atoms in total. The van der Waals surface area contributed by atoms with E-state index in [1.54, 1.807) is 23.1 Å². The van der Waals surface area contributed by atoms with Crippen LogP contribution in [-0.4, -0.2) is 34.0 Å². The number of aliphatic hydroxyl groups is 1. The molecule has 0 aromatic carbocycles. The summed E-state index contributed by atoms with van der Waals surface area (Å²) in [6.07, 6.45) is 3.52. The van der Waals surface area contributed by atoms with Gasteiger partial charge in [0.2, 0.25) is 5.88 Å². The van der Waals surface area contributed by atoms with Gasteiger partial charge < -0.3 is 9.84 Å². The molecule has 1 N–H and O–H groups in total. The van der Waals surface area contributed by atoms with Crippen LogP contribution in [0.5, 0.6) is 5.88 Å². The lowest BCUT2D eigenvalue weighted by Crippen LogP contribution is -1.91. The van der Waals surface area contributed by atoms with Crippen molar-refractivity contribution >= 4 is 43.4 Å². The zero-order valence-corrected chi connectivity index (χ0v) is 13.0. The number of aliphatic hydroxyl groups excluding tert-OH is 1. The van der Waals surface area contributed by atoms with E-state index in [1.807, 2.05) is 12.3 Å². The van der Waals surface area contributed by atoms with Crippen molar-refractivity contribution in [1.29, 1.82) is 0 Å². The van der Waals surface area contributed by atoms with E-state index in [2.05, 4.69) is 11.1 Å². The van der Waals surface area contributed by atoms with Gasteiger partial charge in [0.05, 0.1) is 11.3 Å². The number of fused-ring (bicyclic) bond motifs is 5. The second-order valence-corrected chi connectivity index (χ2v) is 6.97. The van der Waals surface area contributed by atoms with Crippen LogP contribution < -0.4 is 4.74 Å². The second-order valence-electron chi connectivity index (χ2n) is 4.89. The van der Waals surface area contributed by atoms with Crippen molar-refractivity contribution in [3.63, 3.8) is 0 Å². The summed E-state index contributed by atoms with van der Waals surface area (Å²) in [7, 11) is 0. The Balaban J connectivity index is 1.95. The first-order valence-electron chi connectivity index (χ1n) is 6.95. The average molecular weight is 318 g/mol. The number of thioether (sulfide) groups is 1. The van der Waals surface area contributed by atoms with E-state index in [0.29, 0.717) is 6.61 Å². The standard InChI is InChI=1S/C15H14N2O2S2/c18-6-2-8-20-15-12-11(9-4-7-19-13(9)17-15)10-3-1-5-16-14(10)21-12/h1,3,5,18H,2,4,6-8H2. The van der Waals surface area contributed by atoms with Gasteiger partial charge in [-0.1, -0.05) is 0 Å². The zero-order valence-electron chi connectivity index (χ0n) is 11.3. The molecule has 0 fully saturated rings. The van der Waals surface area contributed by atoms with E-state index in [9.17, 15) is 0 Å². The minimum atomic E-state index is 0.214. The molecule has 1 aliphatic rings. The topological polar surface area (TPSA) is 55.2 Å². The summed E-state index contributed by atoms with van der Waals surface area (Å²) in [4.78, 5) is 10.2. The third-order valence-corrected chi connectivity index (χ3v) is 5.87. The molecule has 4 rings (SSSR count). The van der Waals surface area contributed by atoms with Crippen molar-refractivity contribution < 1.29 is 9.84 Å². The lowest BCUT2D eigenvalue weighted by atomic mass is 10.1. The lowest BCUT2D eigenvalue weighted by Gasteiger charge is -2.06. The minimum absolute atomic E-state index is 0.214. The van der Waals surface area contributed by atoms with Crippen LogP contribution in [0.15, 0.2) is 23.4 Å². The highest BCUT2D eigenvalue weighted by molar-refractivity contribution is 7.99. The lowest BCUT2D eigenvalue weighted by molar-refractivity contribution is 0.296. The van der Waals surface area contributed by atoms with E-state index in [4.69, 9.17) is 14.8 Å². The van der Waals surface area contributed by atoms with E-state index in [0.717, 1.165) is 34.3 Å². The Bertz CT molecular complexity index is 816. The van der Waals surface area contributed by atoms with Gasteiger partial charge in [-0.3, -0.25) is 0 Å². The molecule has 6 heteroatoms. The zero-order chi connectivity index (χ0) is 14.2. The van der Waals surface area contributed by atoms with E-state index < -0.39 is 0 Å². The largest absolute Gasteiger partial charge is 0.477 e. The highest BCUT2D eigenvalue weighted by atomic mass is 32.2. The van der Waals surface area contributed by atoms with Gasteiger partial charge in [0.1, 0.15) is 9.86 Å². The summed E-state index contributed by atoms with van der Waals surface area (Å²) in [6, 6.07) is 4.11. The number of hydrogen-bond acceptors (Lipinski definition) is 6. The highest BCUT2D eigenvalue weighted by Crippen LogP contribution is 2.44. The van der Waals surface area contributed by atoms with Crippen LogP contribution in [0.2, 0.25) is 0 Å². The molecule has 0 aliphatic carbocycles. The molecule has 0 radical (unpaired) electrons. The van der Waals surface area contributed by atoms with Crippen molar-refractivity contribution in [3.8, 4) is 5.88 Å². The van der Waals surface area contributed by atoms with Gasteiger partial charge in [-0.15, -0.1) is 23.1 Å². The fraction of sp³-hybridized carbons (Fsp3) is 0.333. The SMILES string of the molecule is OCCCSc1nc2c(c3c1sc1ncccc13)CCO2. The Kier molecular flexibility index (Phi) is 3.45. The van der Waals surface area contributed by atoms with Crippen LogP contribution in [0.3, 0.4) is 0 Å². The molecular formula is C15H14N2O2S2. The molecule has 1 aliphatic heterocycles. The van der Waals surface area contributed by atoms with Gasteiger partial charge in [0.15, 0.2) is 0 Å². The van der Waals surface area contributed by atoms with Crippen molar-refractivity contribution in [1.82, 2.24) is 9.97 Å². The maximum absolute atomic E-state index is 8.96. The van der Waals surface area contributed by atoms with Crippen LogP contribution in [-0.2, 0) is 6.42 Å². The number of hydrogen-bond donors (Lipinski definition) is 1. The maximum atomic E-state index is 8.96. The Hall–Kier alpha value is -1.37. The second kappa shape index (κ2) is 5.44. The first-order chi connectivity index (χ1) is 10.4. The number of nitrogens with zero attached hydrogens (tertiary/aromatic N) is 2. The van der Waals surface area contributed by atoms with Crippen LogP contribution >= 0.6 is 23.1 Å². The molecule has 108 valence electrons. The normalized spacial score (nSPS) is 13.8. The van der Waals surface area contributed by atoms with Crippen molar-refractivity contribution in [2.45, 2.75) is 17.9 Å². The van der Waals surface area contributed by atoms with Gasteiger partial charge in [-0.2, -0.15) is 0 Å². The summed E-state index contributed by atoms with van der Waals surface area (Å²) >= 11 is 3.39. The minimum Gasteiger partial charge on any atom is -0.477 e. The van der Waals surface area contributed by atoms with E-state index >= 15 is 0 Å². The van der Waals surface area contributed by atoms with Gasteiger partial charge in [0.25, 0.3) is 0 Å². The number of aromatic nitrogens is 2. The van der Waals surface area contributed by atoms with Crippen molar-refractivity contribution in [2.24, 2.45) is 0 Å². The average Bonchev–Trinajstić information content (AvgIpc) is 3.10. The Morgan fingerprint density at radius 3 is 3.29 bits per heavy atom. The quantitative estimate of drug-likeness (QED) is 0.591. The maximum Gasteiger partial charge on any atom is 0.218 e. The van der Waals surface area contributed by atoms with Gasteiger partial charge in [0, 0.05) is 41.3 Å². The third-order valence-electron chi connectivity index (χ3n) is 3.56. The molecule has 0 bridgehead atoms. The van der Waals surface area contributed by atoms with Crippen LogP contribution in [0, 0.1) is 0 Å². The molecule has 0 atom stereocenters. The summed E-state index contributed by atoms with van der Waals surface area (Å²) in [5, 5.41) is 12.4. The molecule has 4 heterocycles. The van der Waals surface area contributed by atoms with Gasteiger partial charge >= 0.3 is 0 Å². The number of thiophene rings is 1. The predicted octanol–water partition coefficient (Wildman–Crippen LogP) is 3.25. The van der Waals surface area contributed by atoms with Crippen LogP contribution in [0.4, 0.5) is 0 Å². The molecule has 3 aromatic heterocycles. The molecule has 0 saturated heterocycles. The van der Waals surface area contributed by atoms with E-state index in [1.165, 1.54) is 21.0 Å². The Morgan fingerprint density at radius 2 is 2.38 bits per heavy atom. The van der Waals surface area contributed by atoms with E-state index in [-0.39, 0.29) is 6.61 Å². The van der Waals surface area contributed by atoms with Crippen molar-refractivity contribution in [3.05, 3.63) is 23.9 Å². The number of pyridine rings is 2. The predicted molar refractivity (Wildman–Crippen MR) is 86.5 cm³/mol. The fourth-order valence-electron chi connectivity index (χ4n) is 2.63. The molecule has 21 heavy (non-hydrogen) atoms. The molecule has 0 unspecified atom stereocenters. The van der Waals surface area contributed by atoms with Gasteiger partial charge in [-0.25, -0.2) is 9.97 Å². The monoisotopic (exact) mass is 318 g/mol. The fourth-order valence-corrected chi connectivity index (χ4v) is 4.84. The number of ether oxygens (including phenoxy) is 1. The van der Waals surface area contributed by atoms with Gasteiger partial charge in [-0.05, 0) is 18.6 Å².